The quantitative estimate of drug-likeness (QED) is 0.758. The Morgan fingerprint density at radius 2 is 1.73 bits per heavy atom. The Morgan fingerprint density at radius 3 is 2.00 bits per heavy atom. The minimum atomic E-state index is -4.73. The van der Waals surface area contributed by atoms with Crippen molar-refractivity contribution < 1.29 is 26.8 Å². The first kappa shape index (κ1) is 14.5. The van der Waals surface area contributed by atoms with Gasteiger partial charge < -0.3 is 14.8 Å². The summed E-state index contributed by atoms with van der Waals surface area (Å²) in [6.07, 6.45) is -4.73. The van der Waals surface area contributed by atoms with Crippen molar-refractivity contribution in [2.24, 2.45) is 5.73 Å². The molecule has 0 spiro atoms. The van der Waals surface area contributed by atoms with Crippen LogP contribution in [-0.4, -0.2) is 19.4 Å². The fourth-order valence-electron chi connectivity index (χ4n) is 0.715. The molecule has 0 aromatic rings. The third kappa shape index (κ3) is 5.20. The molecule has 0 atom stereocenters. The van der Waals surface area contributed by atoms with E-state index in [4.69, 9.17) is 5.73 Å². The lowest BCUT2D eigenvalue weighted by Crippen LogP contribution is -2.19. The van der Waals surface area contributed by atoms with Crippen LogP contribution in [0, 0.1) is 0 Å². The molecule has 0 bridgehead atoms. The Morgan fingerprint density at radius 1 is 1.33 bits per heavy atom. The van der Waals surface area contributed by atoms with Crippen molar-refractivity contribution in [3.63, 3.8) is 0 Å². The first-order valence-corrected chi connectivity index (χ1v) is 5.80. The molecule has 0 aromatic carbocycles. The standard InChI is InChI=1S/C7H13F3NO3P/c1-3-13-15(12,14-4-2)5-6(11)7(8,9)10/h5H,3-4,11H2,1-2H3/b6-5+. The zero-order valence-electron chi connectivity index (χ0n) is 8.37. The maximum atomic E-state index is 12.0. The van der Waals surface area contributed by atoms with Gasteiger partial charge in [0.05, 0.1) is 19.0 Å². The van der Waals surface area contributed by atoms with Crippen molar-refractivity contribution in [3.8, 4) is 0 Å². The number of hydrogen-bond donors (Lipinski definition) is 1. The Balaban J connectivity index is 4.89. The van der Waals surface area contributed by atoms with Crippen LogP contribution >= 0.6 is 7.60 Å². The van der Waals surface area contributed by atoms with Gasteiger partial charge in [0, 0.05) is 0 Å². The van der Waals surface area contributed by atoms with Gasteiger partial charge in [-0.3, -0.25) is 4.57 Å². The van der Waals surface area contributed by atoms with Crippen LogP contribution in [0.4, 0.5) is 13.2 Å². The van der Waals surface area contributed by atoms with Gasteiger partial charge in [0.25, 0.3) is 0 Å². The molecule has 0 aliphatic carbocycles. The predicted molar refractivity (Wildman–Crippen MR) is 49.2 cm³/mol. The van der Waals surface area contributed by atoms with Crippen molar-refractivity contribution >= 4 is 7.60 Å². The maximum Gasteiger partial charge on any atom is 0.431 e. The van der Waals surface area contributed by atoms with Gasteiger partial charge in [-0.1, -0.05) is 0 Å². The molecule has 0 fully saturated rings. The van der Waals surface area contributed by atoms with Crippen LogP contribution < -0.4 is 5.73 Å². The number of rotatable bonds is 5. The predicted octanol–water partition coefficient (Wildman–Crippen LogP) is 2.61. The zero-order chi connectivity index (χ0) is 12.1. The van der Waals surface area contributed by atoms with Gasteiger partial charge in [-0.25, -0.2) is 0 Å². The summed E-state index contributed by atoms with van der Waals surface area (Å²) in [6.45, 7) is 2.92. The molecule has 90 valence electrons. The van der Waals surface area contributed by atoms with E-state index in [1.807, 2.05) is 0 Å². The molecular formula is C7H13F3NO3P. The fraction of sp³-hybridized carbons (Fsp3) is 0.714. The third-order valence-electron chi connectivity index (χ3n) is 1.24. The van der Waals surface area contributed by atoms with Crippen LogP contribution in [0.5, 0.6) is 0 Å². The van der Waals surface area contributed by atoms with E-state index in [0.29, 0.717) is 5.82 Å². The lowest BCUT2D eigenvalue weighted by atomic mass is 10.5. The molecule has 0 rings (SSSR count). The molecule has 0 unspecified atom stereocenters. The second-order valence-corrected chi connectivity index (χ2v) is 4.31. The van der Waals surface area contributed by atoms with Crippen LogP contribution in [0.3, 0.4) is 0 Å². The van der Waals surface area contributed by atoms with Crippen LogP contribution in [0.2, 0.25) is 0 Å². The highest BCUT2D eigenvalue weighted by Crippen LogP contribution is 2.51. The third-order valence-corrected chi connectivity index (χ3v) is 3.07. The molecular weight excluding hydrogens is 234 g/mol. The molecule has 15 heavy (non-hydrogen) atoms. The molecule has 0 saturated carbocycles. The molecule has 0 heterocycles. The van der Waals surface area contributed by atoms with E-state index in [0.717, 1.165) is 0 Å². The zero-order valence-corrected chi connectivity index (χ0v) is 9.27. The molecule has 0 aliphatic rings. The number of hydrogen-bond acceptors (Lipinski definition) is 4. The minimum absolute atomic E-state index is 0.0289. The fourth-order valence-corrected chi connectivity index (χ4v) is 2.15. The highest BCUT2D eigenvalue weighted by atomic mass is 31.2. The first-order chi connectivity index (χ1) is 6.75. The summed E-state index contributed by atoms with van der Waals surface area (Å²) < 4.78 is 56.9. The van der Waals surface area contributed by atoms with E-state index in [2.05, 4.69) is 9.05 Å². The summed E-state index contributed by atoms with van der Waals surface area (Å²) in [5.74, 6) is 0.292. The largest absolute Gasteiger partial charge is 0.431 e. The molecule has 0 radical (unpaired) electrons. The number of allylic oxidation sites excluding steroid dienone is 1. The molecule has 2 N–H and O–H groups in total. The summed E-state index contributed by atoms with van der Waals surface area (Å²) >= 11 is 0. The van der Waals surface area contributed by atoms with Crippen molar-refractivity contribution in [2.75, 3.05) is 13.2 Å². The highest BCUT2D eigenvalue weighted by molar-refractivity contribution is 7.57. The van der Waals surface area contributed by atoms with Crippen LogP contribution in [0.1, 0.15) is 13.8 Å². The summed E-state index contributed by atoms with van der Waals surface area (Å²) in [6, 6.07) is 0. The van der Waals surface area contributed by atoms with E-state index >= 15 is 0 Å². The number of nitrogens with two attached hydrogens (primary N) is 1. The minimum Gasteiger partial charge on any atom is -0.394 e. The summed E-state index contributed by atoms with van der Waals surface area (Å²) in [7, 11) is -3.88. The average Bonchev–Trinajstić information content (AvgIpc) is 2.02. The summed E-state index contributed by atoms with van der Waals surface area (Å²) in [4.78, 5) is 0. The van der Waals surface area contributed by atoms with Crippen molar-refractivity contribution in [3.05, 3.63) is 11.5 Å². The van der Waals surface area contributed by atoms with Gasteiger partial charge in [-0.2, -0.15) is 13.2 Å². The number of halogens is 3. The van der Waals surface area contributed by atoms with Gasteiger partial charge in [0.15, 0.2) is 0 Å². The lowest BCUT2D eigenvalue weighted by Gasteiger charge is -2.14. The van der Waals surface area contributed by atoms with Gasteiger partial charge in [-0.05, 0) is 13.8 Å². The normalized spacial score (nSPS) is 14.3. The lowest BCUT2D eigenvalue weighted by molar-refractivity contribution is -0.0926. The molecule has 0 amide bonds. The highest BCUT2D eigenvalue weighted by Gasteiger charge is 2.35. The monoisotopic (exact) mass is 247 g/mol. The van der Waals surface area contributed by atoms with Crippen LogP contribution in [-0.2, 0) is 13.6 Å². The Kier molecular flexibility index (Phi) is 5.34. The second-order valence-electron chi connectivity index (χ2n) is 2.46. The van der Waals surface area contributed by atoms with Crippen LogP contribution in [0.15, 0.2) is 11.5 Å². The molecule has 0 aromatic heterocycles. The van der Waals surface area contributed by atoms with Crippen molar-refractivity contribution in [2.45, 2.75) is 20.0 Å². The SMILES string of the molecule is CCOP(=O)(/C=C(/N)C(F)(F)F)OCC. The molecule has 0 saturated heterocycles. The Hall–Kier alpha value is -0.520. The first-order valence-electron chi connectivity index (χ1n) is 4.19. The van der Waals surface area contributed by atoms with Crippen molar-refractivity contribution in [1.29, 1.82) is 0 Å². The van der Waals surface area contributed by atoms with E-state index < -0.39 is 19.5 Å². The summed E-state index contributed by atoms with van der Waals surface area (Å²) in [5, 5.41) is 0. The average molecular weight is 247 g/mol. The topological polar surface area (TPSA) is 61.5 Å². The van der Waals surface area contributed by atoms with Crippen LogP contribution in [0.25, 0.3) is 0 Å². The summed E-state index contributed by atoms with van der Waals surface area (Å²) in [5.41, 5.74) is 3.22. The van der Waals surface area contributed by atoms with E-state index in [1.54, 1.807) is 0 Å². The van der Waals surface area contributed by atoms with Gasteiger partial charge >= 0.3 is 13.8 Å². The van der Waals surface area contributed by atoms with Gasteiger partial charge in [-0.15, -0.1) is 0 Å². The Bertz CT molecular complexity index is 267. The molecule has 4 nitrogen and oxygen atoms in total. The Labute approximate surface area is 85.8 Å². The smallest absolute Gasteiger partial charge is 0.394 e. The number of alkyl halides is 3. The maximum absolute atomic E-state index is 12.0. The van der Waals surface area contributed by atoms with E-state index in [-0.39, 0.29) is 13.2 Å². The van der Waals surface area contributed by atoms with Crippen molar-refractivity contribution in [1.82, 2.24) is 0 Å². The molecule has 0 aliphatic heterocycles. The van der Waals surface area contributed by atoms with E-state index in [9.17, 15) is 17.7 Å². The van der Waals surface area contributed by atoms with E-state index in [1.165, 1.54) is 13.8 Å². The second kappa shape index (κ2) is 5.53. The molecule has 8 heteroatoms. The van der Waals surface area contributed by atoms with Gasteiger partial charge in [0.2, 0.25) is 0 Å². The van der Waals surface area contributed by atoms with Gasteiger partial charge in [0.1, 0.15) is 5.70 Å².